The summed E-state index contributed by atoms with van der Waals surface area (Å²) in [7, 11) is 1.56. The van der Waals surface area contributed by atoms with E-state index < -0.39 is 6.04 Å². The fourth-order valence-corrected chi connectivity index (χ4v) is 4.28. The molecule has 33 heavy (non-hydrogen) atoms. The molecule has 8 heteroatoms. The van der Waals surface area contributed by atoms with Crippen molar-refractivity contribution in [3.63, 3.8) is 0 Å². The largest absolute Gasteiger partial charge is 0.482 e. The number of rotatable bonds is 9. The third kappa shape index (κ3) is 7.22. The molecule has 3 aromatic rings. The number of nitrogens with zero attached hydrogens (tertiary/aromatic N) is 1. The molecule has 2 amide bonds. The van der Waals surface area contributed by atoms with E-state index in [9.17, 15) is 9.59 Å². The monoisotopic (exact) mass is 548 g/mol. The van der Waals surface area contributed by atoms with Gasteiger partial charge in [0.2, 0.25) is 5.91 Å². The summed E-state index contributed by atoms with van der Waals surface area (Å²) in [4.78, 5) is 27.8. The van der Waals surface area contributed by atoms with Crippen molar-refractivity contribution in [2.45, 2.75) is 19.0 Å². The second-order valence-corrected chi connectivity index (χ2v) is 9.09. The summed E-state index contributed by atoms with van der Waals surface area (Å²) < 4.78 is 6.57. The molecule has 3 aromatic carbocycles. The maximum Gasteiger partial charge on any atom is 0.261 e. The van der Waals surface area contributed by atoms with E-state index in [-0.39, 0.29) is 25.0 Å². The van der Waals surface area contributed by atoms with E-state index in [1.54, 1.807) is 25.2 Å². The molecule has 0 aliphatic rings. The summed E-state index contributed by atoms with van der Waals surface area (Å²) >= 11 is 15.6. The van der Waals surface area contributed by atoms with Crippen LogP contribution in [0, 0.1) is 0 Å². The number of hydrogen-bond donors (Lipinski definition) is 1. The summed E-state index contributed by atoms with van der Waals surface area (Å²) in [6.45, 7) is -0.0431. The lowest BCUT2D eigenvalue weighted by Crippen LogP contribution is -2.51. The number of carbonyl (C=O) groups is 2. The predicted octanol–water partition coefficient (Wildman–Crippen LogP) is 5.52. The summed E-state index contributed by atoms with van der Waals surface area (Å²) in [5.41, 5.74) is 1.82. The van der Waals surface area contributed by atoms with Gasteiger partial charge in [-0.3, -0.25) is 9.59 Å². The van der Waals surface area contributed by atoms with Crippen molar-refractivity contribution in [2.75, 3.05) is 13.7 Å². The highest BCUT2D eigenvalue weighted by Gasteiger charge is 2.30. The number of carbonyl (C=O) groups excluding carboxylic acids is 2. The third-order valence-corrected chi connectivity index (χ3v) is 6.03. The van der Waals surface area contributed by atoms with Crippen molar-refractivity contribution >= 4 is 50.9 Å². The van der Waals surface area contributed by atoms with E-state index in [1.165, 1.54) is 4.90 Å². The van der Waals surface area contributed by atoms with Crippen LogP contribution in [0.1, 0.15) is 11.1 Å². The molecule has 0 spiro atoms. The smallest absolute Gasteiger partial charge is 0.261 e. The molecule has 0 saturated carbocycles. The fourth-order valence-electron chi connectivity index (χ4n) is 3.37. The molecule has 5 nitrogen and oxygen atoms in total. The second kappa shape index (κ2) is 12.1. The zero-order chi connectivity index (χ0) is 23.8. The van der Waals surface area contributed by atoms with Crippen LogP contribution in [0.4, 0.5) is 0 Å². The molecule has 0 heterocycles. The lowest BCUT2D eigenvalue weighted by Gasteiger charge is -2.31. The van der Waals surface area contributed by atoms with Gasteiger partial charge in [0.05, 0.1) is 5.02 Å². The number of hydrogen-bond acceptors (Lipinski definition) is 3. The summed E-state index contributed by atoms with van der Waals surface area (Å²) in [5.74, 6) is -0.256. The fraction of sp³-hybridized carbons (Fsp3) is 0.200. The Hall–Kier alpha value is -2.54. The molecule has 1 N–H and O–H groups in total. The Morgan fingerprint density at radius 3 is 2.39 bits per heavy atom. The molecule has 1 atom stereocenters. The summed E-state index contributed by atoms with van der Waals surface area (Å²) in [5, 5.41) is 3.46. The maximum atomic E-state index is 13.4. The SMILES string of the molecule is CNC(=O)C(Cc1ccccc1)N(Cc1cccc(Br)c1)C(=O)COc1ccc(Cl)cc1Cl. The minimum absolute atomic E-state index is 0.237. The van der Waals surface area contributed by atoms with Crippen LogP contribution < -0.4 is 10.1 Å². The topological polar surface area (TPSA) is 58.6 Å². The first-order valence-corrected chi connectivity index (χ1v) is 11.8. The number of ether oxygens (including phenoxy) is 1. The van der Waals surface area contributed by atoms with Gasteiger partial charge in [0, 0.05) is 29.5 Å². The summed E-state index contributed by atoms with van der Waals surface area (Å²) in [6, 6.07) is 21.3. The number of halogens is 3. The Balaban J connectivity index is 1.88. The lowest BCUT2D eigenvalue weighted by atomic mass is 10.0. The molecule has 3 rings (SSSR count). The standard InChI is InChI=1S/C25H23BrCl2N2O3/c1-29-25(32)22(13-17-6-3-2-4-7-17)30(15-18-8-5-9-19(26)12-18)24(31)16-33-23-11-10-20(27)14-21(23)28/h2-12,14,22H,13,15-16H2,1H3,(H,29,32). The first-order chi connectivity index (χ1) is 15.9. The van der Waals surface area contributed by atoms with E-state index in [0.29, 0.717) is 22.2 Å². The van der Waals surface area contributed by atoms with E-state index in [4.69, 9.17) is 27.9 Å². The van der Waals surface area contributed by atoms with Gasteiger partial charge in [-0.15, -0.1) is 0 Å². The lowest BCUT2D eigenvalue weighted by molar-refractivity contribution is -0.142. The third-order valence-electron chi connectivity index (χ3n) is 5.00. The van der Waals surface area contributed by atoms with Gasteiger partial charge in [-0.25, -0.2) is 0 Å². The van der Waals surface area contributed by atoms with Crippen LogP contribution in [0.5, 0.6) is 5.75 Å². The minimum atomic E-state index is -0.729. The zero-order valence-corrected chi connectivity index (χ0v) is 21.0. The Morgan fingerprint density at radius 2 is 1.73 bits per heavy atom. The van der Waals surface area contributed by atoms with Gasteiger partial charge in [-0.1, -0.05) is 81.6 Å². The number of nitrogens with one attached hydrogen (secondary N) is 1. The molecular weight excluding hydrogens is 527 g/mol. The highest BCUT2D eigenvalue weighted by Crippen LogP contribution is 2.27. The van der Waals surface area contributed by atoms with Crippen LogP contribution in [-0.4, -0.2) is 36.4 Å². The Morgan fingerprint density at radius 1 is 1.00 bits per heavy atom. The van der Waals surface area contributed by atoms with Gasteiger partial charge in [-0.05, 0) is 41.5 Å². The average Bonchev–Trinajstić information content (AvgIpc) is 2.81. The van der Waals surface area contributed by atoms with Crippen LogP contribution in [0.2, 0.25) is 10.0 Å². The van der Waals surface area contributed by atoms with E-state index in [2.05, 4.69) is 21.2 Å². The van der Waals surface area contributed by atoms with E-state index in [1.807, 2.05) is 54.6 Å². The van der Waals surface area contributed by atoms with Crippen molar-refractivity contribution < 1.29 is 14.3 Å². The molecule has 172 valence electrons. The first kappa shape index (κ1) is 25.1. The maximum absolute atomic E-state index is 13.4. The van der Waals surface area contributed by atoms with Crippen molar-refractivity contribution in [3.8, 4) is 5.75 Å². The van der Waals surface area contributed by atoms with Crippen LogP contribution in [-0.2, 0) is 22.6 Å². The van der Waals surface area contributed by atoms with Gasteiger partial charge in [0.25, 0.3) is 5.91 Å². The van der Waals surface area contributed by atoms with Crippen LogP contribution in [0.15, 0.2) is 77.3 Å². The normalized spacial score (nSPS) is 11.5. The van der Waals surface area contributed by atoms with Crippen LogP contribution in [0.25, 0.3) is 0 Å². The van der Waals surface area contributed by atoms with Gasteiger partial charge >= 0.3 is 0 Å². The average molecular weight is 550 g/mol. The zero-order valence-electron chi connectivity index (χ0n) is 17.9. The highest BCUT2D eigenvalue weighted by molar-refractivity contribution is 9.10. The predicted molar refractivity (Wildman–Crippen MR) is 135 cm³/mol. The molecule has 0 aliphatic carbocycles. The molecular formula is C25H23BrCl2N2O3. The van der Waals surface area contributed by atoms with Gasteiger partial charge in [0.15, 0.2) is 6.61 Å². The molecule has 0 saturated heterocycles. The van der Waals surface area contributed by atoms with Crippen LogP contribution >= 0.6 is 39.1 Å². The minimum Gasteiger partial charge on any atom is -0.482 e. The summed E-state index contributed by atoms with van der Waals surface area (Å²) in [6.07, 6.45) is 0.363. The molecule has 0 aromatic heterocycles. The van der Waals surface area contributed by atoms with Crippen molar-refractivity contribution in [1.29, 1.82) is 0 Å². The van der Waals surface area contributed by atoms with Gasteiger partial charge in [-0.2, -0.15) is 0 Å². The molecule has 1 unspecified atom stereocenters. The van der Waals surface area contributed by atoms with Crippen molar-refractivity contribution in [3.05, 3.63) is 98.4 Å². The second-order valence-electron chi connectivity index (χ2n) is 7.33. The highest BCUT2D eigenvalue weighted by atomic mass is 79.9. The Labute approximate surface area is 211 Å². The molecule has 0 radical (unpaired) electrons. The molecule has 0 aliphatic heterocycles. The van der Waals surface area contributed by atoms with Gasteiger partial charge in [0.1, 0.15) is 11.8 Å². The number of likely N-dealkylation sites (N-methyl/N-ethyl adjacent to an activating group) is 1. The van der Waals surface area contributed by atoms with E-state index in [0.717, 1.165) is 15.6 Å². The number of amides is 2. The van der Waals surface area contributed by atoms with Gasteiger partial charge < -0.3 is 15.0 Å². The molecule has 0 fully saturated rings. The quantitative estimate of drug-likeness (QED) is 0.382. The Kier molecular flexibility index (Phi) is 9.18. The first-order valence-electron chi connectivity index (χ1n) is 10.2. The van der Waals surface area contributed by atoms with Crippen molar-refractivity contribution in [2.24, 2.45) is 0 Å². The van der Waals surface area contributed by atoms with Crippen molar-refractivity contribution in [1.82, 2.24) is 10.2 Å². The van der Waals surface area contributed by atoms with Crippen LogP contribution in [0.3, 0.4) is 0 Å². The molecule has 0 bridgehead atoms. The number of benzene rings is 3. The van der Waals surface area contributed by atoms with E-state index >= 15 is 0 Å². The Bertz CT molecular complexity index is 1110.